The maximum atomic E-state index is 12.3. The lowest BCUT2D eigenvalue weighted by Crippen LogP contribution is -2.33. The van der Waals surface area contributed by atoms with Crippen molar-refractivity contribution in [1.82, 2.24) is 4.90 Å². The van der Waals surface area contributed by atoms with Gasteiger partial charge >= 0.3 is 5.97 Å². The molecule has 0 radical (unpaired) electrons. The van der Waals surface area contributed by atoms with Gasteiger partial charge in [0, 0.05) is 0 Å². The van der Waals surface area contributed by atoms with Crippen LogP contribution in [0, 0.1) is 6.92 Å². The average molecular weight is 399 g/mol. The van der Waals surface area contributed by atoms with Crippen molar-refractivity contribution in [2.24, 2.45) is 0 Å². The SMILES string of the molecule is Cc1ccc(COc2ccc(C=C3SC(=S)N(CC(=O)O)C3=O)cc2)cc1. The van der Waals surface area contributed by atoms with E-state index in [1.165, 1.54) is 5.56 Å². The fourth-order valence-electron chi connectivity index (χ4n) is 2.43. The highest BCUT2D eigenvalue weighted by Crippen LogP contribution is 2.32. The van der Waals surface area contributed by atoms with E-state index >= 15 is 0 Å². The molecule has 0 aliphatic carbocycles. The van der Waals surface area contributed by atoms with Gasteiger partial charge in [-0.3, -0.25) is 14.5 Å². The minimum Gasteiger partial charge on any atom is -0.489 e. The lowest BCUT2D eigenvalue weighted by molar-refractivity contribution is -0.140. The molecule has 1 aliphatic rings. The lowest BCUT2D eigenvalue weighted by Gasteiger charge is -2.10. The van der Waals surface area contributed by atoms with E-state index in [0.29, 0.717) is 11.5 Å². The zero-order chi connectivity index (χ0) is 19.4. The number of carboxylic acid groups (broad SMARTS) is 1. The molecule has 1 fully saturated rings. The summed E-state index contributed by atoms with van der Waals surface area (Å²) in [6.07, 6.45) is 1.70. The maximum Gasteiger partial charge on any atom is 0.323 e. The number of thioether (sulfide) groups is 1. The number of hydrogen-bond acceptors (Lipinski definition) is 5. The standard InChI is InChI=1S/C20H17NO4S2/c1-13-2-4-15(5-3-13)12-25-16-8-6-14(7-9-16)10-17-19(24)21(11-18(22)23)20(26)27-17/h2-10H,11-12H2,1H3,(H,22,23). The summed E-state index contributed by atoms with van der Waals surface area (Å²) in [6.45, 7) is 2.10. The van der Waals surface area contributed by atoms with E-state index < -0.39 is 12.5 Å². The Morgan fingerprint density at radius 1 is 1.19 bits per heavy atom. The van der Waals surface area contributed by atoms with E-state index in [1.54, 1.807) is 6.08 Å². The number of amides is 1. The Morgan fingerprint density at radius 2 is 1.85 bits per heavy atom. The van der Waals surface area contributed by atoms with Crippen LogP contribution in [0.5, 0.6) is 5.75 Å². The summed E-state index contributed by atoms with van der Waals surface area (Å²) in [6, 6.07) is 15.5. The molecule has 7 heteroatoms. The Hall–Kier alpha value is -2.64. The number of carbonyl (C=O) groups is 2. The summed E-state index contributed by atoms with van der Waals surface area (Å²) in [5.74, 6) is -0.749. The normalized spacial score (nSPS) is 15.4. The Bertz CT molecular complexity index is 905. The second-order valence-corrected chi connectivity index (χ2v) is 7.68. The fraction of sp³-hybridized carbons (Fsp3) is 0.150. The molecule has 1 saturated heterocycles. The smallest absolute Gasteiger partial charge is 0.323 e. The van der Waals surface area contributed by atoms with E-state index in [0.717, 1.165) is 33.5 Å². The topological polar surface area (TPSA) is 66.8 Å². The molecule has 0 saturated carbocycles. The van der Waals surface area contributed by atoms with Gasteiger partial charge in [-0.15, -0.1) is 0 Å². The number of carboxylic acids is 1. The van der Waals surface area contributed by atoms with Gasteiger partial charge < -0.3 is 9.84 Å². The van der Waals surface area contributed by atoms with Crippen molar-refractivity contribution in [2.45, 2.75) is 13.5 Å². The van der Waals surface area contributed by atoms with Crippen molar-refractivity contribution >= 4 is 46.3 Å². The van der Waals surface area contributed by atoms with Crippen molar-refractivity contribution in [3.8, 4) is 5.75 Å². The van der Waals surface area contributed by atoms with Gasteiger partial charge in [0.15, 0.2) is 0 Å². The van der Waals surface area contributed by atoms with Crippen molar-refractivity contribution in [3.05, 3.63) is 70.1 Å². The second kappa shape index (κ2) is 8.37. The van der Waals surface area contributed by atoms with Crippen molar-refractivity contribution < 1.29 is 19.4 Å². The Labute approximate surface area is 166 Å². The number of ether oxygens (including phenoxy) is 1. The number of aryl methyl sites for hydroxylation is 1. The molecule has 5 nitrogen and oxygen atoms in total. The van der Waals surface area contributed by atoms with Crippen LogP contribution in [-0.2, 0) is 16.2 Å². The quantitative estimate of drug-likeness (QED) is 0.588. The number of hydrogen-bond donors (Lipinski definition) is 1. The van der Waals surface area contributed by atoms with Crippen LogP contribution in [0.2, 0.25) is 0 Å². The van der Waals surface area contributed by atoms with Gasteiger partial charge in [-0.05, 0) is 36.3 Å². The first kappa shape index (κ1) is 19.1. The third-order valence-corrected chi connectivity index (χ3v) is 5.25. The predicted octanol–water partition coefficient (Wildman–Crippen LogP) is 3.86. The molecule has 1 heterocycles. The van der Waals surface area contributed by atoms with Gasteiger partial charge in [-0.25, -0.2) is 0 Å². The zero-order valence-electron chi connectivity index (χ0n) is 14.5. The van der Waals surface area contributed by atoms with Gasteiger partial charge in [0.25, 0.3) is 5.91 Å². The highest BCUT2D eigenvalue weighted by atomic mass is 32.2. The fourth-order valence-corrected chi connectivity index (χ4v) is 3.69. The molecule has 1 N–H and O–H groups in total. The molecule has 0 aromatic heterocycles. The lowest BCUT2D eigenvalue weighted by atomic mass is 10.1. The van der Waals surface area contributed by atoms with Gasteiger partial charge in [0.2, 0.25) is 0 Å². The number of benzene rings is 2. The van der Waals surface area contributed by atoms with Crippen molar-refractivity contribution in [1.29, 1.82) is 0 Å². The zero-order valence-corrected chi connectivity index (χ0v) is 16.2. The van der Waals surface area contributed by atoms with E-state index in [9.17, 15) is 9.59 Å². The molecule has 138 valence electrons. The van der Waals surface area contributed by atoms with Crippen LogP contribution in [0.1, 0.15) is 16.7 Å². The van der Waals surface area contributed by atoms with Crippen molar-refractivity contribution in [2.75, 3.05) is 6.54 Å². The molecule has 2 aromatic rings. The summed E-state index contributed by atoms with van der Waals surface area (Å²) in [7, 11) is 0. The maximum absolute atomic E-state index is 12.3. The number of aliphatic carboxylic acids is 1. The number of rotatable bonds is 6. The summed E-state index contributed by atoms with van der Waals surface area (Å²) >= 11 is 6.19. The summed E-state index contributed by atoms with van der Waals surface area (Å²) < 4.78 is 6.02. The van der Waals surface area contributed by atoms with Gasteiger partial charge in [0.1, 0.15) is 23.2 Å². The first-order chi connectivity index (χ1) is 12.9. The largest absolute Gasteiger partial charge is 0.489 e. The highest BCUT2D eigenvalue weighted by Gasteiger charge is 2.33. The molecule has 0 bridgehead atoms. The Morgan fingerprint density at radius 3 is 2.48 bits per heavy atom. The minimum atomic E-state index is -1.09. The van der Waals surface area contributed by atoms with E-state index in [1.807, 2.05) is 55.5 Å². The Balaban J connectivity index is 1.64. The molecule has 0 spiro atoms. The third-order valence-electron chi connectivity index (χ3n) is 3.87. The molecule has 3 rings (SSSR count). The van der Waals surface area contributed by atoms with Crippen LogP contribution in [0.25, 0.3) is 6.08 Å². The van der Waals surface area contributed by atoms with Crippen LogP contribution in [-0.4, -0.2) is 32.7 Å². The average Bonchev–Trinajstić information content (AvgIpc) is 2.89. The van der Waals surface area contributed by atoms with E-state index in [2.05, 4.69) is 0 Å². The van der Waals surface area contributed by atoms with E-state index in [-0.39, 0.29) is 10.2 Å². The second-order valence-electron chi connectivity index (χ2n) is 6.00. The summed E-state index contributed by atoms with van der Waals surface area (Å²) in [4.78, 5) is 24.6. The predicted molar refractivity (Wildman–Crippen MR) is 109 cm³/mol. The first-order valence-corrected chi connectivity index (χ1v) is 9.40. The third kappa shape index (κ3) is 4.96. The molecule has 27 heavy (non-hydrogen) atoms. The van der Waals surface area contributed by atoms with Crippen LogP contribution in [0.15, 0.2) is 53.4 Å². The Kier molecular flexibility index (Phi) is 5.93. The molecule has 1 amide bonds. The van der Waals surface area contributed by atoms with E-state index in [4.69, 9.17) is 22.1 Å². The number of carbonyl (C=O) groups excluding carboxylic acids is 1. The minimum absolute atomic E-state index is 0.256. The van der Waals surface area contributed by atoms with Gasteiger partial charge in [-0.2, -0.15) is 0 Å². The van der Waals surface area contributed by atoms with Gasteiger partial charge in [0.05, 0.1) is 4.91 Å². The van der Waals surface area contributed by atoms with Crippen LogP contribution in [0.4, 0.5) is 0 Å². The molecular formula is C20H17NO4S2. The van der Waals surface area contributed by atoms with Crippen molar-refractivity contribution in [3.63, 3.8) is 0 Å². The molecule has 1 aliphatic heterocycles. The molecule has 2 aromatic carbocycles. The first-order valence-electron chi connectivity index (χ1n) is 8.18. The van der Waals surface area contributed by atoms with Crippen LogP contribution < -0.4 is 4.74 Å². The number of thiocarbonyl (C=S) groups is 1. The highest BCUT2D eigenvalue weighted by molar-refractivity contribution is 8.26. The molecule has 0 unspecified atom stereocenters. The monoisotopic (exact) mass is 399 g/mol. The van der Waals surface area contributed by atoms with Crippen LogP contribution in [0.3, 0.4) is 0 Å². The number of nitrogens with zero attached hydrogens (tertiary/aromatic N) is 1. The summed E-state index contributed by atoms with van der Waals surface area (Å²) in [5.41, 5.74) is 3.11. The van der Waals surface area contributed by atoms with Gasteiger partial charge in [-0.1, -0.05) is 65.9 Å². The molecular weight excluding hydrogens is 382 g/mol. The summed E-state index contributed by atoms with van der Waals surface area (Å²) in [5, 5.41) is 8.87. The molecule has 0 atom stereocenters. The van der Waals surface area contributed by atoms with Crippen LogP contribution >= 0.6 is 24.0 Å².